The maximum absolute atomic E-state index is 13.5. The average Bonchev–Trinajstić information content (AvgIpc) is 3.10. The van der Waals surface area contributed by atoms with Gasteiger partial charge in [0.1, 0.15) is 6.54 Å². The Morgan fingerprint density at radius 2 is 1.65 bits per heavy atom. The lowest BCUT2D eigenvalue weighted by Crippen LogP contribution is -2.31. The third kappa shape index (κ3) is 5.32. The third-order valence-electron chi connectivity index (χ3n) is 5.81. The second kappa shape index (κ2) is 10.0. The average molecular weight is 505 g/mol. The lowest BCUT2D eigenvalue weighted by atomic mass is 10.1. The fourth-order valence-electron chi connectivity index (χ4n) is 4.42. The maximum Gasteiger partial charge on any atom is 0.352 e. The molecule has 0 aliphatic rings. The van der Waals surface area contributed by atoms with Crippen LogP contribution in [0.5, 0.6) is 0 Å². The zero-order valence-corrected chi connectivity index (χ0v) is 22.0. The molecule has 4 rings (SSSR count). The fourth-order valence-corrected chi connectivity index (χ4v) is 4.42. The molecule has 0 aliphatic carbocycles. The summed E-state index contributed by atoms with van der Waals surface area (Å²) in [4.78, 5) is 52.4. The van der Waals surface area contributed by atoms with Crippen molar-refractivity contribution >= 4 is 34.2 Å². The molecule has 4 aromatic rings. The Bertz CT molecular complexity index is 1620. The van der Waals surface area contributed by atoms with E-state index in [0.717, 1.165) is 15.8 Å². The minimum atomic E-state index is -0.575. The number of aryl methyl sites for hydroxylation is 2. The summed E-state index contributed by atoms with van der Waals surface area (Å²) in [7, 11) is 0. The predicted molar refractivity (Wildman–Crippen MR) is 143 cm³/mol. The van der Waals surface area contributed by atoms with Crippen molar-refractivity contribution in [3.05, 3.63) is 73.9 Å². The molecule has 10 heteroatoms. The molecule has 10 nitrogen and oxygen atoms in total. The molecule has 2 aromatic heterocycles. The molecule has 2 aromatic carbocycles. The van der Waals surface area contributed by atoms with Crippen molar-refractivity contribution in [1.82, 2.24) is 24.1 Å². The van der Waals surface area contributed by atoms with Crippen molar-refractivity contribution in [2.24, 2.45) is 5.92 Å². The molecule has 0 fully saturated rings. The minimum absolute atomic E-state index is 0.0802. The van der Waals surface area contributed by atoms with E-state index < -0.39 is 11.6 Å². The highest BCUT2D eigenvalue weighted by Crippen LogP contribution is 2.16. The molecule has 0 unspecified atom stereocenters. The first-order valence-corrected chi connectivity index (χ1v) is 12.3. The number of fused-ring (bicyclic) bond motifs is 3. The number of aromatic nitrogens is 4. The van der Waals surface area contributed by atoms with Crippen molar-refractivity contribution in [3.8, 4) is 0 Å². The first-order chi connectivity index (χ1) is 17.4. The summed E-state index contributed by atoms with van der Waals surface area (Å²) in [6.07, 6.45) is 0. The van der Waals surface area contributed by atoms with E-state index >= 15 is 0 Å². The van der Waals surface area contributed by atoms with Gasteiger partial charge in [-0.2, -0.15) is 0 Å². The molecule has 0 radical (unpaired) electrons. The summed E-state index contributed by atoms with van der Waals surface area (Å²) in [6, 6.07) is 10.2. The molecular weight excluding hydrogens is 472 g/mol. The standard InChI is InChI=1S/C27H32N6O4/c1-15(2)13-31-25(36)21-8-7-19(24(35)28-16(3)4)12-22(21)33-26(31)30-32(27(33)37)14-23(34)29-20-10-17(5)9-18(6)11-20/h7-12,15-16H,13-14H2,1-6H3,(H,28,35)(H,29,34). The van der Waals surface area contributed by atoms with Gasteiger partial charge in [-0.3, -0.25) is 19.0 Å². The lowest BCUT2D eigenvalue weighted by molar-refractivity contribution is -0.117. The highest BCUT2D eigenvalue weighted by atomic mass is 16.2. The molecule has 2 heterocycles. The molecule has 37 heavy (non-hydrogen) atoms. The van der Waals surface area contributed by atoms with Gasteiger partial charge in [-0.1, -0.05) is 19.9 Å². The Hall–Kier alpha value is -4.21. The van der Waals surface area contributed by atoms with Gasteiger partial charge in [0.2, 0.25) is 11.7 Å². The number of amides is 2. The molecule has 0 atom stereocenters. The van der Waals surface area contributed by atoms with Crippen molar-refractivity contribution in [1.29, 1.82) is 0 Å². The van der Waals surface area contributed by atoms with Gasteiger partial charge in [0.15, 0.2) is 0 Å². The predicted octanol–water partition coefficient (Wildman–Crippen LogP) is 2.86. The van der Waals surface area contributed by atoms with Crippen LogP contribution in [0.15, 0.2) is 46.0 Å². The van der Waals surface area contributed by atoms with Crippen LogP contribution in [0.25, 0.3) is 16.7 Å². The third-order valence-corrected chi connectivity index (χ3v) is 5.81. The topological polar surface area (TPSA) is 120 Å². The Labute approximate surface area is 213 Å². The summed E-state index contributed by atoms with van der Waals surface area (Å²) >= 11 is 0. The number of nitrogens with zero attached hydrogens (tertiary/aromatic N) is 4. The largest absolute Gasteiger partial charge is 0.352 e. The maximum atomic E-state index is 13.5. The molecule has 0 saturated heterocycles. The van der Waals surface area contributed by atoms with E-state index in [2.05, 4.69) is 15.7 Å². The Balaban J connectivity index is 1.84. The minimum Gasteiger partial charge on any atom is -0.350 e. The number of anilines is 1. The van der Waals surface area contributed by atoms with Gasteiger partial charge in [-0.15, -0.1) is 5.10 Å². The van der Waals surface area contributed by atoms with E-state index in [4.69, 9.17) is 0 Å². The van der Waals surface area contributed by atoms with E-state index in [9.17, 15) is 19.2 Å². The Morgan fingerprint density at radius 1 is 0.973 bits per heavy atom. The number of carbonyl (C=O) groups excluding carboxylic acids is 2. The zero-order valence-electron chi connectivity index (χ0n) is 22.0. The number of carbonyl (C=O) groups is 2. The Kier molecular flexibility index (Phi) is 7.02. The summed E-state index contributed by atoms with van der Waals surface area (Å²) in [6.45, 7) is 11.5. The molecular formula is C27H32N6O4. The normalized spacial score (nSPS) is 11.6. The van der Waals surface area contributed by atoms with E-state index in [-0.39, 0.29) is 46.7 Å². The quantitative estimate of drug-likeness (QED) is 0.401. The monoisotopic (exact) mass is 504 g/mol. The van der Waals surface area contributed by atoms with E-state index in [1.54, 1.807) is 12.1 Å². The van der Waals surface area contributed by atoms with E-state index in [1.807, 2.05) is 59.7 Å². The molecule has 0 spiro atoms. The molecule has 0 bridgehead atoms. The summed E-state index contributed by atoms with van der Waals surface area (Å²) in [5.41, 5.74) is 2.32. The fraction of sp³-hybridized carbons (Fsp3) is 0.370. The van der Waals surface area contributed by atoms with Crippen LogP contribution in [0.3, 0.4) is 0 Å². The van der Waals surface area contributed by atoms with E-state index in [0.29, 0.717) is 17.8 Å². The number of hydrogen-bond donors (Lipinski definition) is 2. The van der Waals surface area contributed by atoms with Crippen LogP contribution in [0.1, 0.15) is 49.2 Å². The molecule has 0 aliphatic heterocycles. The highest BCUT2D eigenvalue weighted by molar-refractivity contribution is 5.98. The summed E-state index contributed by atoms with van der Waals surface area (Å²) in [5.74, 6) is -0.515. The Morgan fingerprint density at radius 3 is 2.27 bits per heavy atom. The van der Waals surface area contributed by atoms with Crippen LogP contribution in [-0.2, 0) is 17.9 Å². The van der Waals surface area contributed by atoms with Crippen molar-refractivity contribution in [2.75, 3.05) is 5.32 Å². The lowest BCUT2D eigenvalue weighted by Gasteiger charge is -2.13. The van der Waals surface area contributed by atoms with Crippen LogP contribution in [-0.4, -0.2) is 36.6 Å². The number of hydrogen-bond acceptors (Lipinski definition) is 5. The summed E-state index contributed by atoms with van der Waals surface area (Å²) < 4.78 is 3.79. The molecule has 2 N–H and O–H groups in total. The highest BCUT2D eigenvalue weighted by Gasteiger charge is 2.21. The van der Waals surface area contributed by atoms with E-state index in [1.165, 1.54) is 15.0 Å². The van der Waals surface area contributed by atoms with Gasteiger partial charge in [0.05, 0.1) is 10.9 Å². The SMILES string of the molecule is Cc1cc(C)cc(NC(=O)Cn2nc3n(CC(C)C)c(=O)c4ccc(C(=O)NC(C)C)cc4n3c2=O)c1. The van der Waals surface area contributed by atoms with Crippen LogP contribution in [0, 0.1) is 19.8 Å². The number of rotatable bonds is 7. The zero-order chi connectivity index (χ0) is 27.0. The van der Waals surface area contributed by atoms with Crippen molar-refractivity contribution < 1.29 is 9.59 Å². The van der Waals surface area contributed by atoms with Crippen LogP contribution in [0.4, 0.5) is 5.69 Å². The number of nitrogens with one attached hydrogen (secondary N) is 2. The van der Waals surface area contributed by atoms with Crippen LogP contribution < -0.4 is 21.9 Å². The second-order valence-electron chi connectivity index (χ2n) is 10.2. The van der Waals surface area contributed by atoms with Gasteiger partial charge in [0.25, 0.3) is 11.5 Å². The first-order valence-electron chi connectivity index (χ1n) is 12.3. The van der Waals surface area contributed by atoms with Crippen LogP contribution >= 0.6 is 0 Å². The van der Waals surface area contributed by atoms with Crippen LogP contribution in [0.2, 0.25) is 0 Å². The smallest absolute Gasteiger partial charge is 0.350 e. The van der Waals surface area contributed by atoms with Gasteiger partial charge in [-0.05, 0) is 75.1 Å². The van der Waals surface area contributed by atoms with Gasteiger partial charge >= 0.3 is 5.69 Å². The number of benzene rings is 2. The van der Waals surface area contributed by atoms with Crippen molar-refractivity contribution in [3.63, 3.8) is 0 Å². The van der Waals surface area contributed by atoms with Gasteiger partial charge < -0.3 is 10.6 Å². The summed E-state index contributed by atoms with van der Waals surface area (Å²) in [5, 5.41) is 10.3. The van der Waals surface area contributed by atoms with Gasteiger partial charge in [-0.25, -0.2) is 13.9 Å². The second-order valence-corrected chi connectivity index (χ2v) is 10.2. The molecule has 0 saturated carbocycles. The molecule has 2 amide bonds. The van der Waals surface area contributed by atoms with Crippen molar-refractivity contribution in [2.45, 2.75) is 60.7 Å². The molecule has 194 valence electrons. The first kappa shape index (κ1) is 25.9. The van der Waals surface area contributed by atoms with Gasteiger partial charge in [0, 0.05) is 23.8 Å².